The summed E-state index contributed by atoms with van der Waals surface area (Å²) in [7, 11) is 1.83. The molecule has 1 aromatic rings. The van der Waals surface area contributed by atoms with Gasteiger partial charge in [0.15, 0.2) is 0 Å². The zero-order valence-corrected chi connectivity index (χ0v) is 17.5. The Kier molecular flexibility index (Phi) is 8.99. The zero-order valence-electron chi connectivity index (χ0n) is 17.5. The van der Waals surface area contributed by atoms with Crippen LogP contribution in [0, 0.1) is 12.3 Å². The highest BCUT2D eigenvalue weighted by Crippen LogP contribution is 2.26. The maximum Gasteiger partial charge on any atom is 0.114 e. The molecule has 0 spiro atoms. The van der Waals surface area contributed by atoms with Crippen molar-refractivity contribution < 1.29 is 4.39 Å². The van der Waals surface area contributed by atoms with Gasteiger partial charge in [-0.3, -0.25) is 5.41 Å². The van der Waals surface area contributed by atoms with Crippen molar-refractivity contribution in [2.24, 2.45) is 0 Å². The number of alkyl halides is 1. The third-order valence-electron chi connectivity index (χ3n) is 4.34. The third kappa shape index (κ3) is 7.05. The lowest BCUT2D eigenvalue weighted by molar-refractivity contribution is 0.356. The van der Waals surface area contributed by atoms with E-state index in [4.69, 9.17) is 5.41 Å². The molecule has 0 radical (unpaired) electrons. The number of allylic oxidation sites excluding steroid dienone is 3. The lowest BCUT2D eigenvalue weighted by Gasteiger charge is -2.18. The number of nitrogens with one attached hydrogen (secondary N) is 3. The Hall–Kier alpha value is -2.36. The van der Waals surface area contributed by atoms with Crippen molar-refractivity contribution >= 4 is 5.71 Å². The van der Waals surface area contributed by atoms with Crippen LogP contribution < -0.4 is 10.6 Å². The Labute approximate surface area is 164 Å². The number of hydrogen-bond donors (Lipinski definition) is 3. The van der Waals surface area contributed by atoms with Crippen LogP contribution in [0.1, 0.15) is 56.7 Å². The lowest BCUT2D eigenvalue weighted by atomic mass is 9.88. The minimum absolute atomic E-state index is 0.259. The Bertz CT molecular complexity index is 727. The van der Waals surface area contributed by atoms with E-state index < -0.39 is 6.17 Å². The second-order valence-electron chi connectivity index (χ2n) is 7.39. The van der Waals surface area contributed by atoms with Crippen molar-refractivity contribution in [1.29, 1.82) is 5.41 Å². The first-order valence-electron chi connectivity index (χ1n) is 9.45. The molecule has 0 bridgehead atoms. The SMILES string of the molecule is C=C(C)/C(=C\NCC(C)F)C/C(=C/NC)C(=N)c1ccc(C)cc1C(C)C. The molecular formula is C23H34FN3. The Morgan fingerprint density at radius 2 is 1.89 bits per heavy atom. The van der Waals surface area contributed by atoms with Gasteiger partial charge in [-0.2, -0.15) is 0 Å². The minimum atomic E-state index is -0.917. The van der Waals surface area contributed by atoms with E-state index in [1.807, 2.05) is 38.5 Å². The van der Waals surface area contributed by atoms with Crippen LogP contribution >= 0.6 is 0 Å². The van der Waals surface area contributed by atoms with Gasteiger partial charge in [0, 0.05) is 38.0 Å². The van der Waals surface area contributed by atoms with Crippen LogP contribution in [-0.2, 0) is 0 Å². The fourth-order valence-corrected chi connectivity index (χ4v) is 2.82. The predicted molar refractivity (Wildman–Crippen MR) is 115 cm³/mol. The summed E-state index contributed by atoms with van der Waals surface area (Å²) in [5.41, 5.74) is 6.54. The first-order valence-corrected chi connectivity index (χ1v) is 9.45. The standard InChI is InChI=1S/C23H34FN3/c1-15(2)19(14-27-12-18(6)24)11-20(13-26-7)23(25)21-9-8-17(5)10-22(21)16(3)4/h8-10,13-14,16,18,25-27H,1,11-12H2,2-7H3/b19-14-,20-13-,25-23?. The smallest absolute Gasteiger partial charge is 0.114 e. The van der Waals surface area contributed by atoms with Gasteiger partial charge >= 0.3 is 0 Å². The second kappa shape index (κ2) is 10.7. The monoisotopic (exact) mass is 371 g/mol. The van der Waals surface area contributed by atoms with E-state index in [0.29, 0.717) is 18.1 Å². The van der Waals surface area contributed by atoms with Crippen LogP contribution in [0.25, 0.3) is 0 Å². The first-order chi connectivity index (χ1) is 12.7. The summed E-state index contributed by atoms with van der Waals surface area (Å²) < 4.78 is 13.1. The molecule has 1 atom stereocenters. The summed E-state index contributed by atoms with van der Waals surface area (Å²) in [4.78, 5) is 0. The molecule has 0 saturated heterocycles. The van der Waals surface area contributed by atoms with E-state index in [1.165, 1.54) is 18.1 Å². The van der Waals surface area contributed by atoms with E-state index >= 15 is 0 Å². The number of halogens is 1. The van der Waals surface area contributed by atoms with Crippen LogP contribution in [0.5, 0.6) is 0 Å². The van der Waals surface area contributed by atoms with Crippen LogP contribution in [0.2, 0.25) is 0 Å². The Morgan fingerprint density at radius 1 is 1.22 bits per heavy atom. The molecule has 27 heavy (non-hydrogen) atoms. The fourth-order valence-electron chi connectivity index (χ4n) is 2.82. The molecule has 0 aliphatic carbocycles. The molecule has 0 heterocycles. The number of aryl methyl sites for hydroxylation is 1. The topological polar surface area (TPSA) is 47.9 Å². The molecule has 1 aromatic carbocycles. The molecule has 0 fully saturated rings. The van der Waals surface area contributed by atoms with Gasteiger partial charge in [-0.25, -0.2) is 4.39 Å². The molecule has 0 saturated carbocycles. The lowest BCUT2D eigenvalue weighted by Crippen LogP contribution is -2.17. The van der Waals surface area contributed by atoms with Gasteiger partial charge in [0.25, 0.3) is 0 Å². The van der Waals surface area contributed by atoms with Crippen LogP contribution in [0.4, 0.5) is 4.39 Å². The molecule has 0 aliphatic rings. The molecular weight excluding hydrogens is 337 g/mol. The van der Waals surface area contributed by atoms with E-state index in [2.05, 4.69) is 44.1 Å². The van der Waals surface area contributed by atoms with E-state index in [1.54, 1.807) is 0 Å². The van der Waals surface area contributed by atoms with Gasteiger partial charge in [0.05, 0.1) is 5.71 Å². The van der Waals surface area contributed by atoms with Gasteiger partial charge in [0.1, 0.15) is 6.17 Å². The quantitative estimate of drug-likeness (QED) is 0.382. The first kappa shape index (κ1) is 22.7. The summed E-state index contributed by atoms with van der Waals surface area (Å²) in [6, 6.07) is 6.24. The number of benzene rings is 1. The van der Waals surface area contributed by atoms with Crippen LogP contribution in [-0.4, -0.2) is 25.5 Å². The molecule has 3 N–H and O–H groups in total. The molecule has 1 unspecified atom stereocenters. The fraction of sp³-hybridized carbons (Fsp3) is 0.435. The molecule has 4 heteroatoms. The number of rotatable bonds is 10. The van der Waals surface area contributed by atoms with E-state index in [0.717, 1.165) is 22.3 Å². The molecule has 1 rings (SSSR count). The van der Waals surface area contributed by atoms with Crippen molar-refractivity contribution in [3.63, 3.8) is 0 Å². The molecule has 0 aromatic heterocycles. The van der Waals surface area contributed by atoms with Crippen molar-refractivity contribution in [1.82, 2.24) is 10.6 Å². The average Bonchev–Trinajstić information content (AvgIpc) is 2.58. The van der Waals surface area contributed by atoms with Crippen molar-refractivity contribution in [2.75, 3.05) is 13.6 Å². The van der Waals surface area contributed by atoms with E-state index in [9.17, 15) is 4.39 Å². The molecule has 148 valence electrons. The highest BCUT2D eigenvalue weighted by atomic mass is 19.1. The normalized spacial score (nSPS) is 13.5. The summed E-state index contributed by atoms with van der Waals surface area (Å²) >= 11 is 0. The maximum atomic E-state index is 13.1. The van der Waals surface area contributed by atoms with Crippen molar-refractivity contribution in [3.8, 4) is 0 Å². The van der Waals surface area contributed by atoms with Crippen LogP contribution in [0.15, 0.2) is 53.9 Å². The average molecular weight is 372 g/mol. The summed E-state index contributed by atoms with van der Waals surface area (Å²) in [5.74, 6) is 0.333. The maximum absolute atomic E-state index is 13.1. The second-order valence-corrected chi connectivity index (χ2v) is 7.39. The van der Waals surface area contributed by atoms with Crippen molar-refractivity contribution in [2.45, 2.75) is 53.1 Å². The predicted octanol–water partition coefficient (Wildman–Crippen LogP) is 5.39. The van der Waals surface area contributed by atoms with Gasteiger partial charge in [-0.1, -0.05) is 49.8 Å². The van der Waals surface area contributed by atoms with E-state index in [-0.39, 0.29) is 6.54 Å². The van der Waals surface area contributed by atoms with Gasteiger partial charge in [-0.05, 0) is 43.4 Å². The largest absolute Gasteiger partial charge is 0.394 e. The number of hydrogen-bond acceptors (Lipinski definition) is 3. The van der Waals surface area contributed by atoms with Gasteiger partial charge in [-0.15, -0.1) is 0 Å². The Morgan fingerprint density at radius 3 is 2.41 bits per heavy atom. The summed E-state index contributed by atoms with van der Waals surface area (Å²) in [6.07, 6.45) is 3.31. The Balaban J connectivity index is 3.19. The van der Waals surface area contributed by atoms with Gasteiger partial charge in [0.2, 0.25) is 0 Å². The van der Waals surface area contributed by atoms with Crippen molar-refractivity contribution in [3.05, 3.63) is 70.6 Å². The molecule has 3 nitrogen and oxygen atoms in total. The highest BCUT2D eigenvalue weighted by Gasteiger charge is 2.16. The zero-order chi connectivity index (χ0) is 20.6. The summed E-state index contributed by atoms with van der Waals surface area (Å²) in [5, 5.41) is 14.9. The minimum Gasteiger partial charge on any atom is -0.394 e. The highest BCUT2D eigenvalue weighted by molar-refractivity contribution is 6.11. The summed E-state index contributed by atoms with van der Waals surface area (Å²) in [6.45, 7) is 14.1. The molecule has 0 aliphatic heterocycles. The van der Waals surface area contributed by atoms with Gasteiger partial charge < -0.3 is 10.6 Å². The molecule has 0 amide bonds. The van der Waals surface area contributed by atoms with Crippen LogP contribution in [0.3, 0.4) is 0 Å². The third-order valence-corrected chi connectivity index (χ3v) is 4.34.